The number of likely N-dealkylation sites (tertiary alicyclic amines) is 1. The number of imide groups is 1. The van der Waals surface area contributed by atoms with Crippen LogP contribution in [-0.2, 0) is 25.7 Å². The van der Waals surface area contributed by atoms with Gasteiger partial charge >= 0.3 is 0 Å². The van der Waals surface area contributed by atoms with Crippen LogP contribution < -0.4 is 5.32 Å². The van der Waals surface area contributed by atoms with Crippen molar-refractivity contribution in [1.82, 2.24) is 15.1 Å². The van der Waals surface area contributed by atoms with E-state index in [0.29, 0.717) is 34.9 Å². The Kier molecular flexibility index (Phi) is 9.36. The lowest BCUT2D eigenvalue weighted by Gasteiger charge is -2.32. The van der Waals surface area contributed by atoms with Gasteiger partial charge in [0, 0.05) is 41.2 Å². The molecular formula is C26H33Cl2N3O4. The Labute approximate surface area is 216 Å². The second-order valence-corrected chi connectivity index (χ2v) is 10.0. The van der Waals surface area contributed by atoms with Crippen molar-refractivity contribution in [3.63, 3.8) is 0 Å². The van der Waals surface area contributed by atoms with Crippen LogP contribution in [0, 0.1) is 11.8 Å². The van der Waals surface area contributed by atoms with Crippen LogP contribution >= 0.6 is 23.2 Å². The molecule has 2 aliphatic rings. The molecule has 35 heavy (non-hydrogen) atoms. The number of halogens is 2. The van der Waals surface area contributed by atoms with Crippen molar-refractivity contribution >= 4 is 46.8 Å². The molecule has 1 aromatic carbocycles. The highest BCUT2D eigenvalue weighted by atomic mass is 35.5. The van der Waals surface area contributed by atoms with Gasteiger partial charge in [0.25, 0.3) is 0 Å². The summed E-state index contributed by atoms with van der Waals surface area (Å²) in [6, 6.07) is 4.28. The van der Waals surface area contributed by atoms with Gasteiger partial charge in [0.1, 0.15) is 6.04 Å². The fourth-order valence-corrected chi connectivity index (χ4v) is 5.17. The molecule has 1 fully saturated rings. The molecule has 0 saturated carbocycles. The van der Waals surface area contributed by atoms with Crippen molar-refractivity contribution in [1.29, 1.82) is 0 Å². The first-order valence-corrected chi connectivity index (χ1v) is 13.0. The quantitative estimate of drug-likeness (QED) is 0.366. The molecule has 3 rings (SSSR count). The van der Waals surface area contributed by atoms with Gasteiger partial charge in [-0.3, -0.25) is 24.1 Å². The molecule has 1 heterocycles. The standard InChI is InChI=1S/C26H33Cl2N3O4/c1-4-16(3)29-24(33)22(5-2)31(15-19-20(27)11-8-12-21(19)28)23(32)13-14-30-25(34)17-9-6-7-10-18(17)26(30)35/h6-8,11-12,16-18,22H,4-5,9-10,13-15H2,1-3H3,(H,29,33)/t16-,17-,18+,22+/m1/s1. The Bertz CT molecular complexity index is 966. The molecule has 1 aromatic rings. The molecule has 4 atom stereocenters. The zero-order chi connectivity index (χ0) is 25.7. The Balaban J connectivity index is 1.81. The first kappa shape index (κ1) is 27.2. The van der Waals surface area contributed by atoms with Crippen LogP contribution in [0.3, 0.4) is 0 Å². The van der Waals surface area contributed by atoms with E-state index in [0.717, 1.165) is 6.42 Å². The van der Waals surface area contributed by atoms with Gasteiger partial charge in [0.05, 0.1) is 11.8 Å². The van der Waals surface area contributed by atoms with E-state index in [1.807, 2.05) is 32.9 Å². The number of fused-ring (bicyclic) bond motifs is 1. The van der Waals surface area contributed by atoms with Crippen molar-refractivity contribution in [3.8, 4) is 0 Å². The SMILES string of the molecule is CC[C@@H](C)NC(=O)[C@H](CC)N(Cc1c(Cl)cccc1Cl)C(=O)CCN1C(=O)[C@H]2CC=CC[C@H]2C1=O. The highest BCUT2D eigenvalue weighted by Crippen LogP contribution is 2.35. The maximum atomic E-state index is 13.5. The van der Waals surface area contributed by atoms with Crippen molar-refractivity contribution in [2.24, 2.45) is 11.8 Å². The summed E-state index contributed by atoms with van der Waals surface area (Å²) >= 11 is 12.7. The molecule has 1 saturated heterocycles. The number of nitrogens with zero attached hydrogens (tertiary/aromatic N) is 2. The highest BCUT2D eigenvalue weighted by molar-refractivity contribution is 6.36. The number of hydrogen-bond donors (Lipinski definition) is 1. The van der Waals surface area contributed by atoms with E-state index in [2.05, 4.69) is 5.32 Å². The van der Waals surface area contributed by atoms with Crippen LogP contribution in [0.5, 0.6) is 0 Å². The van der Waals surface area contributed by atoms with E-state index in [4.69, 9.17) is 23.2 Å². The number of allylic oxidation sites excluding steroid dienone is 2. The van der Waals surface area contributed by atoms with Gasteiger partial charge in [0.2, 0.25) is 23.6 Å². The topological polar surface area (TPSA) is 86.8 Å². The summed E-state index contributed by atoms with van der Waals surface area (Å²) in [6.07, 6.45) is 6.00. The maximum Gasteiger partial charge on any atom is 0.243 e. The van der Waals surface area contributed by atoms with Gasteiger partial charge < -0.3 is 10.2 Å². The Hall–Kier alpha value is -2.38. The Morgan fingerprint density at radius 1 is 1.06 bits per heavy atom. The minimum absolute atomic E-state index is 0.0142. The molecule has 0 unspecified atom stereocenters. The normalized spacial score (nSPS) is 21.0. The number of carbonyl (C=O) groups excluding carboxylic acids is 4. The minimum atomic E-state index is -0.749. The molecule has 0 spiro atoms. The largest absolute Gasteiger partial charge is 0.352 e. The van der Waals surface area contributed by atoms with E-state index in [-0.39, 0.29) is 61.0 Å². The van der Waals surface area contributed by atoms with Gasteiger partial charge in [-0.2, -0.15) is 0 Å². The van der Waals surface area contributed by atoms with Gasteiger partial charge in [0.15, 0.2) is 0 Å². The van der Waals surface area contributed by atoms with E-state index in [9.17, 15) is 19.2 Å². The van der Waals surface area contributed by atoms with E-state index >= 15 is 0 Å². The summed E-state index contributed by atoms with van der Waals surface area (Å²) in [5.41, 5.74) is 0.546. The van der Waals surface area contributed by atoms with Crippen LogP contribution in [0.1, 0.15) is 58.4 Å². The van der Waals surface area contributed by atoms with Crippen LogP contribution in [0.15, 0.2) is 30.4 Å². The molecule has 4 amide bonds. The fraction of sp³-hybridized carbons (Fsp3) is 0.538. The predicted octanol–water partition coefficient (Wildman–Crippen LogP) is 4.36. The minimum Gasteiger partial charge on any atom is -0.352 e. The Morgan fingerprint density at radius 2 is 1.63 bits per heavy atom. The lowest BCUT2D eigenvalue weighted by Crippen LogP contribution is -2.51. The van der Waals surface area contributed by atoms with Crippen molar-refractivity contribution < 1.29 is 19.2 Å². The lowest BCUT2D eigenvalue weighted by atomic mass is 9.85. The number of carbonyl (C=O) groups is 4. The summed E-state index contributed by atoms with van der Waals surface area (Å²) in [5.74, 6) is -1.74. The number of benzene rings is 1. The van der Waals surface area contributed by atoms with E-state index < -0.39 is 6.04 Å². The molecular weight excluding hydrogens is 489 g/mol. The van der Waals surface area contributed by atoms with Crippen molar-refractivity contribution in [2.45, 2.75) is 71.5 Å². The molecule has 1 aliphatic heterocycles. The second kappa shape index (κ2) is 12.0. The zero-order valence-electron chi connectivity index (χ0n) is 20.4. The van der Waals surface area contributed by atoms with Crippen LogP contribution in [0.2, 0.25) is 10.0 Å². The third kappa shape index (κ3) is 6.07. The van der Waals surface area contributed by atoms with Crippen molar-refractivity contribution in [3.05, 3.63) is 46.0 Å². The van der Waals surface area contributed by atoms with Crippen LogP contribution in [0.4, 0.5) is 0 Å². The third-order valence-corrected chi connectivity index (χ3v) is 7.63. The molecule has 0 bridgehead atoms. The summed E-state index contributed by atoms with van der Waals surface area (Å²) in [4.78, 5) is 54.9. The summed E-state index contributed by atoms with van der Waals surface area (Å²) in [6.45, 7) is 5.73. The first-order valence-electron chi connectivity index (χ1n) is 12.2. The molecule has 190 valence electrons. The average molecular weight is 522 g/mol. The zero-order valence-corrected chi connectivity index (χ0v) is 21.9. The third-order valence-electron chi connectivity index (χ3n) is 6.93. The van der Waals surface area contributed by atoms with Gasteiger partial charge in [-0.25, -0.2) is 0 Å². The summed E-state index contributed by atoms with van der Waals surface area (Å²) in [5, 5.41) is 3.75. The van der Waals surface area contributed by atoms with Crippen LogP contribution in [-0.4, -0.2) is 52.1 Å². The monoisotopic (exact) mass is 521 g/mol. The molecule has 1 N–H and O–H groups in total. The number of rotatable bonds is 10. The number of hydrogen-bond acceptors (Lipinski definition) is 4. The maximum absolute atomic E-state index is 13.5. The summed E-state index contributed by atoms with van der Waals surface area (Å²) in [7, 11) is 0. The molecule has 9 heteroatoms. The Morgan fingerprint density at radius 3 is 2.14 bits per heavy atom. The van der Waals surface area contributed by atoms with Gasteiger partial charge in [-0.15, -0.1) is 0 Å². The number of nitrogens with one attached hydrogen (secondary N) is 1. The smallest absolute Gasteiger partial charge is 0.243 e. The molecule has 0 radical (unpaired) electrons. The second-order valence-electron chi connectivity index (χ2n) is 9.20. The average Bonchev–Trinajstić information content (AvgIpc) is 3.08. The molecule has 1 aliphatic carbocycles. The summed E-state index contributed by atoms with van der Waals surface area (Å²) < 4.78 is 0. The highest BCUT2D eigenvalue weighted by Gasteiger charge is 2.47. The van der Waals surface area contributed by atoms with Crippen molar-refractivity contribution in [2.75, 3.05) is 6.54 Å². The first-order chi connectivity index (χ1) is 16.7. The fourth-order valence-electron chi connectivity index (χ4n) is 4.65. The molecule has 7 nitrogen and oxygen atoms in total. The van der Waals surface area contributed by atoms with E-state index in [1.165, 1.54) is 9.80 Å². The van der Waals surface area contributed by atoms with Gasteiger partial charge in [-0.1, -0.05) is 55.3 Å². The van der Waals surface area contributed by atoms with Gasteiger partial charge in [-0.05, 0) is 44.7 Å². The number of amides is 4. The molecule has 0 aromatic heterocycles. The van der Waals surface area contributed by atoms with E-state index in [1.54, 1.807) is 18.2 Å². The lowest BCUT2D eigenvalue weighted by molar-refractivity contribution is -0.144. The van der Waals surface area contributed by atoms with Crippen LogP contribution in [0.25, 0.3) is 0 Å². The predicted molar refractivity (Wildman–Crippen MR) is 136 cm³/mol.